The van der Waals surface area contributed by atoms with E-state index in [4.69, 9.17) is 4.74 Å². The van der Waals surface area contributed by atoms with Crippen LogP contribution in [0.4, 0.5) is 29.3 Å². The number of anilines is 2. The fourth-order valence-corrected chi connectivity index (χ4v) is 5.89. The number of nitrogens with zero attached hydrogens (tertiary/aromatic N) is 2. The lowest BCUT2D eigenvalue weighted by molar-refractivity contribution is 0.0226. The lowest BCUT2D eigenvalue weighted by atomic mass is 10.00. The van der Waals surface area contributed by atoms with E-state index >= 15 is 0 Å². The minimum atomic E-state index is -1.19. The van der Waals surface area contributed by atoms with Crippen LogP contribution in [0, 0.1) is 11.6 Å². The van der Waals surface area contributed by atoms with Crippen LogP contribution in [-0.2, 0) is 11.2 Å². The Morgan fingerprint density at radius 2 is 1.81 bits per heavy atom. The van der Waals surface area contributed by atoms with E-state index in [2.05, 4.69) is 27.6 Å². The third kappa shape index (κ3) is 6.67. The first kappa shape index (κ1) is 29.8. The zero-order chi connectivity index (χ0) is 30.2. The van der Waals surface area contributed by atoms with E-state index in [0.717, 1.165) is 30.3 Å². The van der Waals surface area contributed by atoms with Gasteiger partial charge in [0.2, 0.25) is 0 Å². The third-order valence-electron chi connectivity index (χ3n) is 7.96. The molecule has 3 aromatic rings. The van der Waals surface area contributed by atoms with Gasteiger partial charge in [0.1, 0.15) is 29.1 Å². The maximum Gasteiger partial charge on any atom is 0.410 e. The Hall–Kier alpha value is -3.73. The first-order chi connectivity index (χ1) is 19.9. The number of amides is 2. The number of aromatic nitrogens is 1. The number of carbonyl (C=O) groups is 2. The predicted molar refractivity (Wildman–Crippen MR) is 157 cm³/mol. The molecule has 0 saturated carbocycles. The van der Waals surface area contributed by atoms with Crippen LogP contribution in [-0.4, -0.2) is 77.3 Å². The number of fused-ring (bicyclic) bond motifs is 1. The number of hydrogen-bond acceptors (Lipinski definition) is 5. The van der Waals surface area contributed by atoms with Crippen molar-refractivity contribution in [2.75, 3.05) is 37.3 Å². The number of H-pyrrole nitrogens is 1. The van der Waals surface area contributed by atoms with Crippen molar-refractivity contribution in [2.24, 2.45) is 0 Å². The highest BCUT2D eigenvalue weighted by Gasteiger charge is 2.37. The summed E-state index contributed by atoms with van der Waals surface area (Å²) in [6.07, 6.45) is 0.988. The molecule has 42 heavy (non-hydrogen) atoms. The number of nitrogens with one attached hydrogen (secondary N) is 3. The maximum absolute atomic E-state index is 14.4. The van der Waals surface area contributed by atoms with Crippen LogP contribution >= 0.6 is 0 Å². The zero-order valence-corrected chi connectivity index (χ0v) is 24.4. The molecule has 11 heteroatoms. The number of ether oxygens (including phenoxy) is 1. The number of halogens is 3. The second-order valence-electron chi connectivity index (χ2n) is 12.3. The topological polar surface area (TPSA) is 89.7 Å². The zero-order valence-electron chi connectivity index (χ0n) is 24.4. The lowest BCUT2D eigenvalue weighted by Crippen LogP contribution is -2.42. The summed E-state index contributed by atoms with van der Waals surface area (Å²) in [5.41, 5.74) is 1.46. The molecule has 5 rings (SSSR count). The first-order valence-electron chi connectivity index (χ1n) is 14.4. The molecule has 0 spiro atoms. The van der Waals surface area contributed by atoms with Crippen molar-refractivity contribution in [3.05, 3.63) is 59.3 Å². The van der Waals surface area contributed by atoms with Gasteiger partial charge in [-0.05, 0) is 95.6 Å². The smallest absolute Gasteiger partial charge is 0.410 e. The minimum absolute atomic E-state index is 0.0752. The van der Waals surface area contributed by atoms with Crippen LogP contribution in [0.1, 0.15) is 56.1 Å². The van der Waals surface area contributed by atoms with Gasteiger partial charge in [0.25, 0.3) is 5.91 Å². The highest BCUT2D eigenvalue weighted by atomic mass is 19.1. The molecule has 2 aromatic carbocycles. The van der Waals surface area contributed by atoms with Crippen molar-refractivity contribution < 1.29 is 27.5 Å². The van der Waals surface area contributed by atoms with E-state index in [1.54, 1.807) is 26.8 Å². The van der Waals surface area contributed by atoms with Crippen molar-refractivity contribution in [3.63, 3.8) is 0 Å². The quantitative estimate of drug-likeness (QED) is 0.312. The third-order valence-corrected chi connectivity index (χ3v) is 7.96. The molecule has 1 aromatic heterocycles. The van der Waals surface area contributed by atoms with Crippen molar-refractivity contribution in [1.29, 1.82) is 0 Å². The van der Waals surface area contributed by atoms with Gasteiger partial charge < -0.3 is 30.2 Å². The van der Waals surface area contributed by atoms with Crippen molar-refractivity contribution in [1.82, 2.24) is 14.8 Å². The average molecular weight is 586 g/mol. The maximum atomic E-state index is 14.4. The molecule has 3 atom stereocenters. The van der Waals surface area contributed by atoms with Crippen LogP contribution in [0.15, 0.2) is 36.4 Å². The number of rotatable bonds is 7. The predicted octanol–water partition coefficient (Wildman–Crippen LogP) is 6.09. The molecule has 0 unspecified atom stereocenters. The van der Waals surface area contributed by atoms with Crippen LogP contribution in [0.5, 0.6) is 0 Å². The summed E-state index contributed by atoms with van der Waals surface area (Å²) in [7, 11) is 2.05. The molecule has 0 radical (unpaired) electrons. The molecule has 2 aliphatic heterocycles. The van der Waals surface area contributed by atoms with Gasteiger partial charge in [-0.2, -0.15) is 0 Å². The molecule has 2 saturated heterocycles. The van der Waals surface area contributed by atoms with Crippen molar-refractivity contribution >= 4 is 34.3 Å². The Morgan fingerprint density at radius 1 is 1.07 bits per heavy atom. The number of alkyl halides is 1. The molecule has 0 bridgehead atoms. The Balaban J connectivity index is 1.37. The fraction of sp³-hybridized carbons (Fsp3) is 0.484. The largest absolute Gasteiger partial charge is 0.444 e. The first-order valence-corrected chi connectivity index (χ1v) is 14.4. The number of likely N-dealkylation sites (N-methyl/N-ethyl adjacent to an activating group) is 1. The van der Waals surface area contributed by atoms with Crippen LogP contribution in [0.3, 0.4) is 0 Å². The van der Waals surface area contributed by atoms with Crippen LogP contribution in [0.2, 0.25) is 0 Å². The van der Waals surface area contributed by atoms with Gasteiger partial charge in [-0.1, -0.05) is 0 Å². The summed E-state index contributed by atoms with van der Waals surface area (Å²) >= 11 is 0. The SMILES string of the molecule is CN1CCC[C@H]1Cc1c(C(=O)Nc2cc(F)ccc2NC[C@@H]2C[C@H](F)CN2C(=O)OC(C)(C)C)[nH]c2cc(F)ccc12. The number of carbonyl (C=O) groups excluding carboxylic acids is 2. The molecule has 2 aliphatic rings. The Labute approximate surface area is 243 Å². The summed E-state index contributed by atoms with van der Waals surface area (Å²) in [5, 5.41) is 6.73. The number of benzene rings is 2. The molecule has 8 nitrogen and oxygen atoms in total. The van der Waals surface area contributed by atoms with Gasteiger partial charge in [-0.3, -0.25) is 4.79 Å². The Morgan fingerprint density at radius 3 is 2.52 bits per heavy atom. The van der Waals surface area contributed by atoms with E-state index in [1.165, 1.54) is 35.2 Å². The second kappa shape index (κ2) is 11.9. The summed E-state index contributed by atoms with van der Waals surface area (Å²) < 4.78 is 48.2. The monoisotopic (exact) mass is 585 g/mol. The molecule has 2 amide bonds. The normalized spacial score (nSPS) is 21.2. The standard InChI is InChI=1S/C31H38F3N5O3/c1-31(2,3)42-30(41)39-17-20(34)12-22(39)16-35-25-10-8-19(33)14-27(25)37-29(40)28-24(15-21-6-5-11-38(21)4)23-9-7-18(32)13-26(23)36-28/h7-10,13-14,20-22,35-36H,5-6,11-12,15-17H2,1-4H3,(H,37,40)/t20-,21-,22-/m0/s1. The van der Waals surface area contributed by atoms with Gasteiger partial charge in [-0.25, -0.2) is 18.0 Å². The Bertz CT molecular complexity index is 1470. The molecular weight excluding hydrogens is 547 g/mol. The van der Waals surface area contributed by atoms with Gasteiger partial charge in [0.15, 0.2) is 0 Å². The molecule has 3 N–H and O–H groups in total. The number of likely N-dealkylation sites (tertiary alicyclic amines) is 2. The summed E-state index contributed by atoms with van der Waals surface area (Å²) in [6, 6.07) is 8.09. The number of hydrogen-bond donors (Lipinski definition) is 3. The minimum Gasteiger partial charge on any atom is -0.444 e. The highest BCUT2D eigenvalue weighted by molar-refractivity contribution is 6.09. The van der Waals surface area contributed by atoms with Crippen LogP contribution < -0.4 is 10.6 Å². The molecule has 0 aliphatic carbocycles. The average Bonchev–Trinajstić information content (AvgIpc) is 3.59. The van der Waals surface area contributed by atoms with Crippen LogP contribution in [0.25, 0.3) is 10.9 Å². The highest BCUT2D eigenvalue weighted by Crippen LogP contribution is 2.31. The van der Waals surface area contributed by atoms with E-state index in [1.807, 2.05) is 0 Å². The molecular formula is C31H38F3N5O3. The van der Waals surface area contributed by atoms with Crippen molar-refractivity contribution in [3.8, 4) is 0 Å². The molecule has 2 fully saturated rings. The fourth-order valence-electron chi connectivity index (χ4n) is 5.89. The van der Waals surface area contributed by atoms with Crippen molar-refractivity contribution in [2.45, 2.75) is 70.3 Å². The van der Waals surface area contributed by atoms with E-state index in [0.29, 0.717) is 23.3 Å². The lowest BCUT2D eigenvalue weighted by Gasteiger charge is -2.28. The summed E-state index contributed by atoms with van der Waals surface area (Å²) in [4.78, 5) is 33.1. The number of aromatic amines is 1. The van der Waals surface area contributed by atoms with E-state index < -0.39 is 41.4 Å². The van der Waals surface area contributed by atoms with E-state index in [9.17, 15) is 22.8 Å². The summed E-state index contributed by atoms with van der Waals surface area (Å²) in [5.74, 6) is -1.46. The van der Waals surface area contributed by atoms with Gasteiger partial charge in [0, 0.05) is 29.9 Å². The van der Waals surface area contributed by atoms with Gasteiger partial charge in [-0.15, -0.1) is 0 Å². The molecule has 226 valence electrons. The molecule has 3 heterocycles. The van der Waals surface area contributed by atoms with Gasteiger partial charge in [0.05, 0.1) is 24.0 Å². The Kier molecular flexibility index (Phi) is 8.41. The van der Waals surface area contributed by atoms with Gasteiger partial charge >= 0.3 is 6.09 Å². The van der Waals surface area contributed by atoms with E-state index in [-0.39, 0.29) is 31.2 Å². The summed E-state index contributed by atoms with van der Waals surface area (Å²) in [6.45, 7) is 6.30. The second-order valence-corrected chi connectivity index (χ2v) is 12.3.